The molecule has 5 nitrogen and oxygen atoms in total. The number of para-hydroxylation sites is 1. The summed E-state index contributed by atoms with van der Waals surface area (Å²) >= 11 is 1.55. The number of rotatable bonds is 5. The Hall–Kier alpha value is -3.51. The Balaban J connectivity index is 1.77. The van der Waals surface area contributed by atoms with Gasteiger partial charge in [0.05, 0.1) is 31.2 Å². The van der Waals surface area contributed by atoms with Crippen molar-refractivity contribution >= 4 is 17.7 Å². The third-order valence-corrected chi connectivity index (χ3v) is 6.86. The minimum Gasteiger partial charge on any atom is -0.497 e. The zero-order chi connectivity index (χ0) is 22.9. The fourth-order valence-corrected chi connectivity index (χ4v) is 5.13. The van der Waals surface area contributed by atoms with Gasteiger partial charge in [0.1, 0.15) is 5.75 Å². The molecule has 0 N–H and O–H groups in total. The summed E-state index contributed by atoms with van der Waals surface area (Å²) in [4.78, 5) is 13.9. The summed E-state index contributed by atoms with van der Waals surface area (Å²) in [6.07, 6.45) is 5.64. The van der Waals surface area contributed by atoms with Gasteiger partial charge in [-0.25, -0.2) is 9.48 Å². The van der Waals surface area contributed by atoms with Gasteiger partial charge in [0, 0.05) is 22.2 Å². The molecular weight excluding hydrogens is 432 g/mol. The molecule has 1 aliphatic rings. The average molecular weight is 457 g/mol. The number of hydrogen-bond acceptors (Lipinski definition) is 5. The molecule has 0 atom stereocenters. The highest BCUT2D eigenvalue weighted by Crippen LogP contribution is 2.45. The lowest BCUT2D eigenvalue weighted by Gasteiger charge is -2.24. The third kappa shape index (κ3) is 3.70. The van der Waals surface area contributed by atoms with Crippen LogP contribution in [0.3, 0.4) is 0 Å². The molecule has 0 aliphatic heterocycles. The summed E-state index contributed by atoms with van der Waals surface area (Å²) in [6.45, 7) is 0. The van der Waals surface area contributed by atoms with Gasteiger partial charge in [0.15, 0.2) is 0 Å². The Bertz CT molecular complexity index is 1330. The Morgan fingerprint density at radius 2 is 1.76 bits per heavy atom. The van der Waals surface area contributed by atoms with Crippen molar-refractivity contribution in [2.45, 2.75) is 17.7 Å². The number of aryl methyl sites for hydroxylation is 1. The molecule has 5 rings (SSSR count). The predicted molar refractivity (Wildman–Crippen MR) is 132 cm³/mol. The van der Waals surface area contributed by atoms with Crippen LogP contribution in [0.15, 0.2) is 71.8 Å². The lowest BCUT2D eigenvalue weighted by Crippen LogP contribution is -2.13. The first-order valence-electron chi connectivity index (χ1n) is 10.8. The second-order valence-corrected chi connectivity index (χ2v) is 8.69. The van der Waals surface area contributed by atoms with Crippen LogP contribution in [0, 0.1) is 0 Å². The SMILES string of the molecule is COC(=O)c1c(SC)cc(-c2ccc(OC)cc2)c2c1-c1cn(-c3ccccc3)nc1CC2. The van der Waals surface area contributed by atoms with Gasteiger partial charge in [-0.15, -0.1) is 11.8 Å². The van der Waals surface area contributed by atoms with Crippen molar-refractivity contribution in [2.75, 3.05) is 20.5 Å². The zero-order valence-corrected chi connectivity index (χ0v) is 19.6. The molecule has 0 spiro atoms. The quantitative estimate of drug-likeness (QED) is 0.280. The van der Waals surface area contributed by atoms with Crippen molar-refractivity contribution in [2.24, 2.45) is 0 Å². The normalized spacial score (nSPS) is 12.1. The van der Waals surface area contributed by atoms with Gasteiger partial charge < -0.3 is 9.47 Å². The molecule has 0 saturated heterocycles. The van der Waals surface area contributed by atoms with E-state index in [0.29, 0.717) is 5.56 Å². The number of methoxy groups -OCH3 is 2. The maximum Gasteiger partial charge on any atom is 0.339 e. The highest BCUT2D eigenvalue weighted by molar-refractivity contribution is 7.98. The summed E-state index contributed by atoms with van der Waals surface area (Å²) < 4.78 is 12.5. The molecule has 0 radical (unpaired) electrons. The maximum atomic E-state index is 13.0. The Morgan fingerprint density at radius 1 is 1.00 bits per heavy atom. The smallest absolute Gasteiger partial charge is 0.339 e. The van der Waals surface area contributed by atoms with Gasteiger partial charge in [-0.3, -0.25) is 0 Å². The van der Waals surface area contributed by atoms with Crippen LogP contribution in [-0.2, 0) is 17.6 Å². The van der Waals surface area contributed by atoms with Crippen LogP contribution >= 0.6 is 11.8 Å². The van der Waals surface area contributed by atoms with E-state index in [1.54, 1.807) is 18.9 Å². The number of aromatic nitrogens is 2. The topological polar surface area (TPSA) is 53.4 Å². The molecule has 1 aromatic heterocycles. The number of carbonyl (C=O) groups excluding carboxylic acids is 1. The Morgan fingerprint density at radius 3 is 2.42 bits per heavy atom. The lowest BCUT2D eigenvalue weighted by atomic mass is 9.82. The highest BCUT2D eigenvalue weighted by Gasteiger charge is 2.30. The Kier molecular flexibility index (Phi) is 5.68. The summed E-state index contributed by atoms with van der Waals surface area (Å²) in [5.74, 6) is 0.493. The largest absolute Gasteiger partial charge is 0.497 e. The number of ether oxygens (including phenoxy) is 2. The van der Waals surface area contributed by atoms with E-state index in [4.69, 9.17) is 14.6 Å². The molecule has 0 saturated carbocycles. The van der Waals surface area contributed by atoms with Crippen molar-refractivity contribution in [3.05, 3.63) is 83.7 Å². The van der Waals surface area contributed by atoms with Gasteiger partial charge in [0.2, 0.25) is 0 Å². The van der Waals surface area contributed by atoms with Crippen molar-refractivity contribution in [1.82, 2.24) is 9.78 Å². The zero-order valence-electron chi connectivity index (χ0n) is 18.8. The van der Waals surface area contributed by atoms with E-state index in [2.05, 4.69) is 18.2 Å². The van der Waals surface area contributed by atoms with Crippen LogP contribution in [-0.4, -0.2) is 36.2 Å². The van der Waals surface area contributed by atoms with Gasteiger partial charge in [-0.05, 0) is 66.1 Å². The molecule has 6 heteroatoms. The molecule has 0 unspecified atom stereocenters. The molecule has 0 amide bonds. The summed E-state index contributed by atoms with van der Waals surface area (Å²) in [5, 5.41) is 4.87. The average Bonchev–Trinajstić information content (AvgIpc) is 3.32. The number of carbonyl (C=O) groups is 1. The first-order chi connectivity index (χ1) is 16.1. The predicted octanol–water partition coefficient (Wildman–Crippen LogP) is 5.82. The second kappa shape index (κ2) is 8.79. The molecule has 33 heavy (non-hydrogen) atoms. The summed E-state index contributed by atoms with van der Waals surface area (Å²) in [5.41, 5.74) is 7.90. The number of esters is 1. The van der Waals surface area contributed by atoms with Gasteiger partial charge >= 0.3 is 5.97 Å². The van der Waals surface area contributed by atoms with Crippen LogP contribution in [0.25, 0.3) is 27.9 Å². The van der Waals surface area contributed by atoms with E-state index >= 15 is 0 Å². The van der Waals surface area contributed by atoms with E-state index in [1.165, 1.54) is 7.11 Å². The first-order valence-corrected chi connectivity index (χ1v) is 12.0. The number of nitrogens with zero attached hydrogens (tertiary/aromatic N) is 2. The minimum atomic E-state index is -0.322. The standard InChI is InChI=1S/C27H24N2O3S/c1-31-19-11-9-17(10-12-19)21-15-24(33-3)26(27(30)32-2)25-20(21)13-14-23-22(25)16-29(28-23)18-7-5-4-6-8-18/h4-12,15-16H,13-14H2,1-3H3. The number of benzene rings is 3. The summed E-state index contributed by atoms with van der Waals surface area (Å²) in [6, 6.07) is 20.2. The fraction of sp³-hybridized carbons (Fsp3) is 0.185. The van der Waals surface area contributed by atoms with Crippen molar-refractivity contribution in [3.8, 4) is 33.7 Å². The van der Waals surface area contributed by atoms with E-state index in [1.807, 2.05) is 59.6 Å². The van der Waals surface area contributed by atoms with E-state index in [-0.39, 0.29) is 5.97 Å². The number of thioether (sulfide) groups is 1. The van der Waals surface area contributed by atoms with Gasteiger partial charge in [-0.1, -0.05) is 30.3 Å². The van der Waals surface area contributed by atoms with E-state index < -0.39 is 0 Å². The van der Waals surface area contributed by atoms with Gasteiger partial charge in [0.25, 0.3) is 0 Å². The highest BCUT2D eigenvalue weighted by atomic mass is 32.2. The maximum absolute atomic E-state index is 13.0. The lowest BCUT2D eigenvalue weighted by molar-refractivity contribution is 0.0597. The number of fused-ring (bicyclic) bond motifs is 3. The molecule has 1 aliphatic carbocycles. The van der Waals surface area contributed by atoms with Crippen LogP contribution in [0.5, 0.6) is 5.75 Å². The van der Waals surface area contributed by atoms with Crippen LogP contribution in [0.2, 0.25) is 0 Å². The molecular formula is C27H24N2O3S. The van der Waals surface area contributed by atoms with Gasteiger partial charge in [-0.2, -0.15) is 5.10 Å². The molecule has 1 heterocycles. The van der Waals surface area contributed by atoms with Crippen molar-refractivity contribution < 1.29 is 14.3 Å². The second-order valence-electron chi connectivity index (χ2n) is 7.84. The molecule has 4 aromatic rings. The first kappa shape index (κ1) is 21.3. The fourth-order valence-electron chi connectivity index (χ4n) is 4.51. The molecule has 0 fully saturated rings. The van der Waals surface area contributed by atoms with Crippen molar-refractivity contribution in [3.63, 3.8) is 0 Å². The van der Waals surface area contributed by atoms with Crippen LogP contribution < -0.4 is 4.74 Å². The molecule has 3 aromatic carbocycles. The summed E-state index contributed by atoms with van der Waals surface area (Å²) in [7, 11) is 3.10. The molecule has 0 bridgehead atoms. The third-order valence-electron chi connectivity index (χ3n) is 6.10. The van der Waals surface area contributed by atoms with Crippen LogP contribution in [0.1, 0.15) is 21.6 Å². The Labute approximate surface area is 197 Å². The number of hydrogen-bond donors (Lipinski definition) is 0. The molecule has 166 valence electrons. The van der Waals surface area contributed by atoms with Crippen LogP contribution in [0.4, 0.5) is 0 Å². The van der Waals surface area contributed by atoms with Crippen molar-refractivity contribution in [1.29, 1.82) is 0 Å². The minimum absolute atomic E-state index is 0.322. The van der Waals surface area contributed by atoms with E-state index in [9.17, 15) is 4.79 Å². The van der Waals surface area contributed by atoms with E-state index in [0.717, 1.165) is 62.7 Å². The monoisotopic (exact) mass is 456 g/mol.